The van der Waals surface area contributed by atoms with Crippen LogP contribution in [0.4, 0.5) is 0 Å². The molecule has 0 N–H and O–H groups in total. The number of aryl methyl sites for hydroxylation is 1. The molecular weight excluding hydrogens is 234 g/mol. The molecule has 1 fully saturated rings. The molecule has 0 saturated carbocycles. The summed E-state index contributed by atoms with van der Waals surface area (Å²) in [5, 5.41) is 0. The molecule has 1 aliphatic rings. The van der Waals surface area contributed by atoms with Gasteiger partial charge >= 0.3 is 0 Å². The Morgan fingerprint density at radius 2 is 2.12 bits per heavy atom. The van der Waals surface area contributed by atoms with E-state index in [2.05, 4.69) is 36.1 Å². The van der Waals surface area contributed by atoms with E-state index in [1.807, 2.05) is 0 Å². The number of hydrogen-bond donors (Lipinski definition) is 0. The first kappa shape index (κ1) is 11.9. The fourth-order valence-corrected chi connectivity index (χ4v) is 3.13. The Morgan fingerprint density at radius 1 is 1.38 bits per heavy atom. The molecule has 86 valence electrons. The zero-order valence-electron chi connectivity index (χ0n) is 9.61. The highest BCUT2D eigenvalue weighted by Crippen LogP contribution is 2.20. The SMILES string of the molecule is Cc1cccc(CSC(=S)N2CCCC2)c1. The third kappa shape index (κ3) is 3.22. The van der Waals surface area contributed by atoms with Gasteiger partial charge in [-0.05, 0) is 25.3 Å². The van der Waals surface area contributed by atoms with Crippen LogP contribution in [0.15, 0.2) is 24.3 Å². The summed E-state index contributed by atoms with van der Waals surface area (Å²) in [5.74, 6) is 0.997. The van der Waals surface area contributed by atoms with Gasteiger partial charge < -0.3 is 4.90 Å². The summed E-state index contributed by atoms with van der Waals surface area (Å²) in [6, 6.07) is 8.66. The highest BCUT2D eigenvalue weighted by Gasteiger charge is 2.14. The van der Waals surface area contributed by atoms with Crippen molar-refractivity contribution in [2.24, 2.45) is 0 Å². The molecule has 3 heteroatoms. The molecular formula is C13H17NS2. The average Bonchev–Trinajstić information content (AvgIpc) is 2.79. The summed E-state index contributed by atoms with van der Waals surface area (Å²) >= 11 is 7.23. The lowest BCUT2D eigenvalue weighted by atomic mass is 10.2. The monoisotopic (exact) mass is 251 g/mol. The van der Waals surface area contributed by atoms with E-state index in [-0.39, 0.29) is 0 Å². The van der Waals surface area contributed by atoms with E-state index >= 15 is 0 Å². The van der Waals surface area contributed by atoms with Gasteiger partial charge in [-0.15, -0.1) is 0 Å². The summed E-state index contributed by atoms with van der Waals surface area (Å²) in [6.07, 6.45) is 2.59. The van der Waals surface area contributed by atoms with Gasteiger partial charge in [0.05, 0.1) is 0 Å². The highest BCUT2D eigenvalue weighted by molar-refractivity contribution is 8.22. The van der Waals surface area contributed by atoms with Gasteiger partial charge in [-0.2, -0.15) is 0 Å². The lowest BCUT2D eigenvalue weighted by molar-refractivity contribution is 0.539. The smallest absolute Gasteiger partial charge is 0.136 e. The molecule has 1 aromatic carbocycles. The van der Waals surface area contributed by atoms with E-state index in [1.165, 1.54) is 24.0 Å². The Morgan fingerprint density at radius 3 is 2.81 bits per heavy atom. The average molecular weight is 251 g/mol. The van der Waals surface area contributed by atoms with Crippen LogP contribution in [0, 0.1) is 6.92 Å². The predicted molar refractivity (Wildman–Crippen MR) is 75.9 cm³/mol. The number of benzene rings is 1. The number of rotatable bonds is 2. The molecule has 0 radical (unpaired) electrons. The molecule has 1 nitrogen and oxygen atoms in total. The van der Waals surface area contributed by atoms with Gasteiger partial charge in [0.2, 0.25) is 0 Å². The summed E-state index contributed by atoms with van der Waals surface area (Å²) < 4.78 is 1.07. The van der Waals surface area contributed by atoms with Crippen LogP contribution in [0.1, 0.15) is 24.0 Å². The van der Waals surface area contributed by atoms with Crippen molar-refractivity contribution in [3.05, 3.63) is 35.4 Å². The summed E-state index contributed by atoms with van der Waals surface area (Å²) in [5.41, 5.74) is 2.69. The van der Waals surface area contributed by atoms with Gasteiger partial charge in [0, 0.05) is 18.8 Å². The van der Waals surface area contributed by atoms with Gasteiger partial charge in [0.25, 0.3) is 0 Å². The van der Waals surface area contributed by atoms with Crippen LogP contribution < -0.4 is 0 Å². The Hall–Kier alpha value is -0.540. The minimum Gasteiger partial charge on any atom is -0.358 e. The molecule has 1 aromatic rings. The maximum absolute atomic E-state index is 5.43. The van der Waals surface area contributed by atoms with Crippen molar-refractivity contribution in [1.29, 1.82) is 0 Å². The van der Waals surface area contributed by atoms with Crippen LogP contribution in [0.5, 0.6) is 0 Å². The van der Waals surface area contributed by atoms with Crippen LogP contribution in [0.2, 0.25) is 0 Å². The van der Waals surface area contributed by atoms with Crippen LogP contribution >= 0.6 is 24.0 Å². The van der Waals surface area contributed by atoms with Gasteiger partial charge in [-0.25, -0.2) is 0 Å². The largest absolute Gasteiger partial charge is 0.358 e. The maximum Gasteiger partial charge on any atom is 0.136 e. The Labute approximate surface area is 107 Å². The minimum absolute atomic E-state index is 0.997. The number of thiocarbonyl (C=S) groups is 1. The quantitative estimate of drug-likeness (QED) is 0.739. The van der Waals surface area contributed by atoms with E-state index in [4.69, 9.17) is 12.2 Å². The van der Waals surface area contributed by atoms with Crippen molar-refractivity contribution in [2.75, 3.05) is 13.1 Å². The van der Waals surface area contributed by atoms with Crippen LogP contribution in [0.3, 0.4) is 0 Å². The fraction of sp³-hybridized carbons (Fsp3) is 0.462. The molecule has 0 aromatic heterocycles. The topological polar surface area (TPSA) is 3.24 Å². The van der Waals surface area contributed by atoms with Crippen molar-refractivity contribution >= 4 is 28.3 Å². The Bertz CT molecular complexity index is 370. The van der Waals surface area contributed by atoms with Gasteiger partial charge in [-0.3, -0.25) is 0 Å². The van der Waals surface area contributed by atoms with Crippen molar-refractivity contribution in [1.82, 2.24) is 4.90 Å². The number of hydrogen-bond acceptors (Lipinski definition) is 2. The van der Waals surface area contributed by atoms with Crippen molar-refractivity contribution in [2.45, 2.75) is 25.5 Å². The van der Waals surface area contributed by atoms with E-state index < -0.39 is 0 Å². The lowest BCUT2D eigenvalue weighted by Crippen LogP contribution is -2.23. The molecule has 0 aliphatic carbocycles. The fourth-order valence-electron chi connectivity index (χ4n) is 1.94. The Kier molecular flexibility index (Phi) is 4.24. The van der Waals surface area contributed by atoms with Crippen LogP contribution in [-0.2, 0) is 5.75 Å². The number of thioether (sulfide) groups is 1. The second kappa shape index (κ2) is 5.69. The molecule has 16 heavy (non-hydrogen) atoms. The summed E-state index contributed by atoms with van der Waals surface area (Å²) in [7, 11) is 0. The van der Waals surface area contributed by atoms with Crippen molar-refractivity contribution in [3.8, 4) is 0 Å². The summed E-state index contributed by atoms with van der Waals surface area (Å²) in [4.78, 5) is 2.33. The standard InChI is InChI=1S/C13H17NS2/c1-11-5-4-6-12(9-11)10-16-13(15)14-7-2-3-8-14/h4-6,9H,2-3,7-8,10H2,1H3. The van der Waals surface area contributed by atoms with Crippen LogP contribution in [-0.4, -0.2) is 22.3 Å². The van der Waals surface area contributed by atoms with Gasteiger partial charge in [0.15, 0.2) is 0 Å². The first-order valence-corrected chi connectivity index (χ1v) is 7.12. The maximum atomic E-state index is 5.43. The predicted octanol–water partition coefficient (Wildman–Crippen LogP) is 3.61. The molecule has 0 bridgehead atoms. The molecule has 0 unspecified atom stereocenters. The van der Waals surface area contributed by atoms with E-state index in [0.29, 0.717) is 0 Å². The number of likely N-dealkylation sites (tertiary alicyclic amines) is 1. The second-order valence-electron chi connectivity index (χ2n) is 4.24. The second-order valence-corrected chi connectivity index (χ2v) is 5.85. The van der Waals surface area contributed by atoms with Gasteiger partial charge in [0.1, 0.15) is 4.32 Å². The third-order valence-electron chi connectivity index (χ3n) is 2.81. The molecule has 0 atom stereocenters. The zero-order chi connectivity index (χ0) is 11.4. The van der Waals surface area contributed by atoms with E-state index in [1.54, 1.807) is 11.8 Å². The molecule has 1 saturated heterocycles. The van der Waals surface area contributed by atoms with Crippen LogP contribution in [0.25, 0.3) is 0 Å². The highest BCUT2D eigenvalue weighted by atomic mass is 32.2. The number of nitrogens with zero attached hydrogens (tertiary/aromatic N) is 1. The molecule has 1 heterocycles. The normalized spacial score (nSPS) is 15.4. The lowest BCUT2D eigenvalue weighted by Gasteiger charge is -2.17. The first-order valence-electron chi connectivity index (χ1n) is 5.73. The molecule has 2 rings (SSSR count). The summed E-state index contributed by atoms with van der Waals surface area (Å²) in [6.45, 7) is 4.44. The third-order valence-corrected chi connectivity index (χ3v) is 4.40. The van der Waals surface area contributed by atoms with E-state index in [9.17, 15) is 0 Å². The molecule has 0 amide bonds. The van der Waals surface area contributed by atoms with Gasteiger partial charge in [-0.1, -0.05) is 53.8 Å². The Balaban J connectivity index is 1.84. The molecule has 1 aliphatic heterocycles. The molecule has 0 spiro atoms. The first-order chi connectivity index (χ1) is 7.75. The zero-order valence-corrected chi connectivity index (χ0v) is 11.2. The minimum atomic E-state index is 0.997. The van der Waals surface area contributed by atoms with E-state index in [0.717, 1.165) is 23.2 Å². The van der Waals surface area contributed by atoms with Crippen molar-refractivity contribution in [3.63, 3.8) is 0 Å². The van der Waals surface area contributed by atoms with Crippen molar-refractivity contribution < 1.29 is 0 Å².